The topological polar surface area (TPSA) is 77.2 Å². The van der Waals surface area contributed by atoms with E-state index in [9.17, 15) is 4.79 Å². The Kier molecular flexibility index (Phi) is 5.24. The summed E-state index contributed by atoms with van der Waals surface area (Å²) in [4.78, 5) is 16.1. The van der Waals surface area contributed by atoms with Crippen LogP contribution in [0.2, 0.25) is 0 Å². The van der Waals surface area contributed by atoms with Crippen LogP contribution < -0.4 is 15.8 Å². The van der Waals surface area contributed by atoms with Crippen LogP contribution in [0, 0.1) is 0 Å². The zero-order valence-electron chi connectivity index (χ0n) is 10.9. The van der Waals surface area contributed by atoms with E-state index >= 15 is 0 Å². The normalized spacial score (nSPS) is 9.95. The van der Waals surface area contributed by atoms with Crippen molar-refractivity contribution in [3.8, 4) is 5.75 Å². The van der Waals surface area contributed by atoms with Gasteiger partial charge in [0.2, 0.25) is 0 Å². The summed E-state index contributed by atoms with van der Waals surface area (Å²) in [7, 11) is 0. The molecular formula is C14H12BrN3O2S. The number of thiocarbonyl (C=S) groups is 1. The van der Waals surface area contributed by atoms with Gasteiger partial charge in [0, 0.05) is 6.20 Å². The van der Waals surface area contributed by atoms with Gasteiger partial charge in [-0.05, 0) is 40.2 Å². The Morgan fingerprint density at radius 3 is 2.81 bits per heavy atom. The lowest BCUT2D eigenvalue weighted by molar-refractivity contribution is -0.118. The van der Waals surface area contributed by atoms with E-state index in [0.717, 1.165) is 0 Å². The molecule has 1 aromatic carbocycles. The van der Waals surface area contributed by atoms with E-state index in [1.54, 1.807) is 42.6 Å². The van der Waals surface area contributed by atoms with Crippen molar-refractivity contribution < 1.29 is 9.53 Å². The average molecular weight is 366 g/mol. The largest absolute Gasteiger partial charge is 0.483 e. The molecule has 1 amide bonds. The molecule has 0 fully saturated rings. The van der Waals surface area contributed by atoms with Gasteiger partial charge in [-0.1, -0.05) is 24.4 Å². The third-order valence-corrected chi connectivity index (χ3v) is 3.39. The zero-order chi connectivity index (χ0) is 15.2. The number of carbonyl (C=O) groups excluding carboxylic acids is 1. The fourth-order valence-corrected chi connectivity index (χ4v) is 2.11. The molecule has 108 valence electrons. The highest BCUT2D eigenvalue weighted by atomic mass is 79.9. The van der Waals surface area contributed by atoms with Gasteiger partial charge in [0.05, 0.1) is 10.0 Å². The Bertz CT molecular complexity index is 679. The third-order valence-electron chi connectivity index (χ3n) is 2.53. The number of aromatic nitrogens is 1. The number of benzene rings is 1. The molecule has 3 N–H and O–H groups in total. The SMILES string of the molecule is NC(=S)c1ccccc1OCC(=O)Nc1ncccc1Br. The minimum atomic E-state index is -0.327. The van der Waals surface area contributed by atoms with E-state index in [2.05, 4.69) is 26.2 Å². The van der Waals surface area contributed by atoms with Gasteiger partial charge in [0.1, 0.15) is 16.6 Å². The lowest BCUT2D eigenvalue weighted by Gasteiger charge is -2.10. The molecule has 2 rings (SSSR count). The second kappa shape index (κ2) is 7.14. The lowest BCUT2D eigenvalue weighted by atomic mass is 10.2. The highest BCUT2D eigenvalue weighted by molar-refractivity contribution is 9.10. The van der Waals surface area contributed by atoms with Gasteiger partial charge in [0.25, 0.3) is 5.91 Å². The van der Waals surface area contributed by atoms with Crippen molar-refractivity contribution in [2.75, 3.05) is 11.9 Å². The van der Waals surface area contributed by atoms with Crippen molar-refractivity contribution >= 4 is 44.9 Å². The fraction of sp³-hybridized carbons (Fsp3) is 0.0714. The molecule has 0 spiro atoms. The van der Waals surface area contributed by atoms with Crippen LogP contribution in [0.1, 0.15) is 5.56 Å². The van der Waals surface area contributed by atoms with Crippen molar-refractivity contribution in [3.63, 3.8) is 0 Å². The van der Waals surface area contributed by atoms with Crippen LogP contribution >= 0.6 is 28.1 Å². The molecule has 0 aliphatic carbocycles. The second-order valence-electron chi connectivity index (χ2n) is 4.03. The van der Waals surface area contributed by atoms with Crippen LogP contribution in [-0.2, 0) is 4.79 Å². The zero-order valence-corrected chi connectivity index (χ0v) is 13.3. The Balaban J connectivity index is 1.99. The highest BCUT2D eigenvalue weighted by Crippen LogP contribution is 2.19. The molecule has 2 aromatic rings. The maximum atomic E-state index is 11.9. The van der Waals surface area contributed by atoms with Gasteiger partial charge in [-0.3, -0.25) is 4.79 Å². The molecular weight excluding hydrogens is 354 g/mol. The van der Waals surface area contributed by atoms with Crippen molar-refractivity contribution in [1.29, 1.82) is 0 Å². The van der Waals surface area contributed by atoms with Crippen LogP contribution in [-0.4, -0.2) is 22.5 Å². The van der Waals surface area contributed by atoms with Crippen LogP contribution in [0.25, 0.3) is 0 Å². The average Bonchev–Trinajstić information content (AvgIpc) is 2.48. The maximum Gasteiger partial charge on any atom is 0.263 e. The van der Waals surface area contributed by atoms with Crippen molar-refractivity contribution in [1.82, 2.24) is 4.98 Å². The molecule has 21 heavy (non-hydrogen) atoms. The number of amides is 1. The summed E-state index contributed by atoms with van der Waals surface area (Å²) in [5.74, 6) is 0.584. The summed E-state index contributed by atoms with van der Waals surface area (Å²) < 4.78 is 6.15. The van der Waals surface area contributed by atoms with Gasteiger partial charge >= 0.3 is 0 Å². The fourth-order valence-electron chi connectivity index (χ4n) is 1.59. The van der Waals surface area contributed by atoms with E-state index in [4.69, 9.17) is 22.7 Å². The minimum absolute atomic E-state index is 0.164. The Morgan fingerprint density at radius 2 is 2.10 bits per heavy atom. The monoisotopic (exact) mass is 365 g/mol. The molecule has 1 aromatic heterocycles. The standard InChI is InChI=1S/C14H12BrN3O2S/c15-10-5-3-7-17-14(10)18-12(19)8-20-11-6-2-1-4-9(11)13(16)21/h1-7H,8H2,(H2,16,21)(H,17,18,19). The predicted molar refractivity (Wildman–Crippen MR) is 88.4 cm³/mol. The number of nitrogens with two attached hydrogens (primary N) is 1. The van der Waals surface area contributed by atoms with Crippen molar-refractivity contribution in [2.45, 2.75) is 0 Å². The molecule has 0 saturated carbocycles. The molecule has 1 heterocycles. The predicted octanol–water partition coefficient (Wildman–Crippen LogP) is 2.50. The number of hydrogen-bond donors (Lipinski definition) is 2. The number of nitrogens with one attached hydrogen (secondary N) is 1. The minimum Gasteiger partial charge on any atom is -0.483 e. The van der Waals surface area contributed by atoms with E-state index in [1.165, 1.54) is 0 Å². The van der Waals surface area contributed by atoms with Gasteiger partial charge in [0.15, 0.2) is 6.61 Å². The smallest absolute Gasteiger partial charge is 0.263 e. The second-order valence-corrected chi connectivity index (χ2v) is 5.33. The first-order valence-corrected chi connectivity index (χ1v) is 7.20. The highest BCUT2D eigenvalue weighted by Gasteiger charge is 2.10. The first-order chi connectivity index (χ1) is 10.1. The van der Waals surface area contributed by atoms with E-state index in [1.807, 2.05) is 0 Å². The summed E-state index contributed by atoms with van der Waals surface area (Å²) in [5.41, 5.74) is 6.20. The van der Waals surface area contributed by atoms with Crippen LogP contribution in [0.5, 0.6) is 5.75 Å². The number of hydrogen-bond acceptors (Lipinski definition) is 4. The first kappa shape index (κ1) is 15.4. The summed E-state index contributed by atoms with van der Waals surface area (Å²) in [5, 5.41) is 2.64. The molecule has 0 aliphatic heterocycles. The Hall–Kier alpha value is -1.99. The summed E-state index contributed by atoms with van der Waals surface area (Å²) >= 11 is 8.23. The summed E-state index contributed by atoms with van der Waals surface area (Å²) in [6.07, 6.45) is 1.59. The van der Waals surface area contributed by atoms with E-state index in [-0.39, 0.29) is 17.5 Å². The number of carbonyl (C=O) groups is 1. The molecule has 0 saturated heterocycles. The van der Waals surface area contributed by atoms with Crippen molar-refractivity contribution in [2.24, 2.45) is 5.73 Å². The maximum absolute atomic E-state index is 11.9. The van der Waals surface area contributed by atoms with Crippen LogP contribution in [0.3, 0.4) is 0 Å². The van der Waals surface area contributed by atoms with E-state index in [0.29, 0.717) is 21.6 Å². The van der Waals surface area contributed by atoms with E-state index < -0.39 is 0 Å². The third kappa shape index (κ3) is 4.24. The molecule has 0 atom stereocenters. The van der Waals surface area contributed by atoms with Gasteiger partial charge in [-0.25, -0.2) is 4.98 Å². The Morgan fingerprint density at radius 1 is 1.33 bits per heavy atom. The summed E-state index contributed by atoms with van der Waals surface area (Å²) in [6, 6.07) is 10.6. The number of nitrogens with zero attached hydrogens (tertiary/aromatic N) is 1. The number of para-hydroxylation sites is 1. The van der Waals surface area contributed by atoms with Crippen LogP contribution in [0.4, 0.5) is 5.82 Å². The lowest BCUT2D eigenvalue weighted by Crippen LogP contribution is -2.22. The number of halogens is 1. The summed E-state index contributed by atoms with van der Waals surface area (Å²) in [6.45, 7) is -0.164. The van der Waals surface area contributed by atoms with Gasteiger partial charge < -0.3 is 15.8 Å². The van der Waals surface area contributed by atoms with Crippen molar-refractivity contribution in [3.05, 3.63) is 52.6 Å². The number of anilines is 1. The van der Waals surface area contributed by atoms with Gasteiger partial charge in [-0.15, -0.1) is 0 Å². The molecule has 0 unspecified atom stereocenters. The first-order valence-electron chi connectivity index (χ1n) is 6.00. The quantitative estimate of drug-likeness (QED) is 0.796. The van der Waals surface area contributed by atoms with Crippen LogP contribution in [0.15, 0.2) is 47.1 Å². The number of ether oxygens (including phenoxy) is 1. The molecule has 0 aliphatic rings. The molecule has 0 radical (unpaired) electrons. The Labute approximate surface area is 135 Å². The van der Waals surface area contributed by atoms with Gasteiger partial charge in [-0.2, -0.15) is 0 Å². The molecule has 5 nitrogen and oxygen atoms in total. The number of rotatable bonds is 5. The number of pyridine rings is 1. The molecule has 0 bridgehead atoms. The molecule has 7 heteroatoms.